The Hall–Kier alpha value is -3.36. The third-order valence-corrected chi connectivity index (χ3v) is 3.43. The summed E-state index contributed by atoms with van der Waals surface area (Å²) in [7, 11) is 0. The van der Waals surface area contributed by atoms with Crippen LogP contribution in [-0.4, -0.2) is 22.6 Å². The van der Waals surface area contributed by atoms with Gasteiger partial charge in [0.25, 0.3) is 5.91 Å². The second-order valence-electron chi connectivity index (χ2n) is 6.13. The summed E-state index contributed by atoms with van der Waals surface area (Å²) in [5.41, 5.74) is 2.82. The fourth-order valence-corrected chi connectivity index (χ4v) is 2.11. The van der Waals surface area contributed by atoms with Gasteiger partial charge in [-0.15, -0.1) is 0 Å². The van der Waals surface area contributed by atoms with E-state index in [1.54, 1.807) is 35.8 Å². The number of hydroxylamine groups is 1. The molecule has 0 aromatic heterocycles. The molecule has 2 rings (SSSR count). The molecule has 0 heterocycles. The van der Waals surface area contributed by atoms with E-state index >= 15 is 0 Å². The van der Waals surface area contributed by atoms with Gasteiger partial charge in [-0.3, -0.25) is 14.8 Å². The molecule has 2 aromatic carbocycles. The van der Waals surface area contributed by atoms with E-state index in [0.717, 1.165) is 5.56 Å². The quantitative estimate of drug-likeness (QED) is 0.344. The van der Waals surface area contributed by atoms with Crippen LogP contribution >= 0.6 is 0 Å². The number of rotatable bonds is 4. The van der Waals surface area contributed by atoms with Crippen LogP contribution in [0.4, 0.5) is 0 Å². The summed E-state index contributed by atoms with van der Waals surface area (Å²) in [4.78, 5) is 23.3. The number of benzene rings is 2. The maximum absolute atomic E-state index is 12.1. The fourth-order valence-electron chi connectivity index (χ4n) is 2.11. The van der Waals surface area contributed by atoms with E-state index in [0.29, 0.717) is 11.1 Å². The number of carbonyl (C=O) groups is 2. The molecule has 5 nitrogen and oxygen atoms in total. The van der Waals surface area contributed by atoms with Gasteiger partial charge in [0, 0.05) is 17.2 Å². The number of carbonyl (C=O) groups excluding carboxylic acids is 2. The van der Waals surface area contributed by atoms with Crippen molar-refractivity contribution in [1.29, 1.82) is 0 Å². The summed E-state index contributed by atoms with van der Waals surface area (Å²) in [5, 5.41) is 11.4. The highest BCUT2D eigenvalue weighted by Crippen LogP contribution is 2.06. The minimum absolute atomic E-state index is 0.233. The first-order valence-electron chi connectivity index (χ1n) is 8.02. The van der Waals surface area contributed by atoms with Crippen molar-refractivity contribution in [2.75, 3.05) is 0 Å². The van der Waals surface area contributed by atoms with E-state index < -0.39 is 11.4 Å². The molecule has 0 fully saturated rings. The highest BCUT2D eigenvalue weighted by atomic mass is 16.5. The monoisotopic (exact) mass is 348 g/mol. The van der Waals surface area contributed by atoms with Crippen molar-refractivity contribution in [2.24, 2.45) is 0 Å². The molecule has 0 saturated heterocycles. The second-order valence-corrected chi connectivity index (χ2v) is 6.13. The smallest absolute Gasteiger partial charge is 0.274 e. The lowest BCUT2D eigenvalue weighted by Gasteiger charge is -2.18. The minimum Gasteiger partial charge on any atom is -0.337 e. The van der Waals surface area contributed by atoms with Crippen LogP contribution in [0.25, 0.3) is 6.08 Å². The summed E-state index contributed by atoms with van der Waals surface area (Å²) in [6.07, 6.45) is 3.21. The lowest BCUT2D eigenvalue weighted by molar-refractivity contribution is -0.117. The zero-order chi connectivity index (χ0) is 19.0. The number of hydrogen-bond donors (Lipinski definition) is 3. The standard InChI is InChI=1S/C21H20N2O3/c1-21(2,22-19(24)13-10-16-6-4-3-5-7-16)15-14-17-8-11-18(12-9-17)20(25)23-26/h3-13,26H,1-2H3,(H,22,24)(H,23,25)/b13-10+. The van der Waals surface area contributed by atoms with Crippen molar-refractivity contribution < 1.29 is 14.8 Å². The maximum atomic E-state index is 12.1. The molecule has 0 aliphatic heterocycles. The Bertz CT molecular complexity index is 858. The Labute approximate surface area is 152 Å². The first-order valence-corrected chi connectivity index (χ1v) is 8.02. The van der Waals surface area contributed by atoms with E-state index in [9.17, 15) is 9.59 Å². The largest absolute Gasteiger partial charge is 0.337 e. The van der Waals surface area contributed by atoms with Crippen LogP contribution in [0.5, 0.6) is 0 Å². The van der Waals surface area contributed by atoms with E-state index in [-0.39, 0.29) is 5.91 Å². The predicted molar refractivity (Wildman–Crippen MR) is 100 cm³/mol. The molecule has 0 aliphatic carbocycles. The molecule has 2 amide bonds. The molecule has 0 aliphatic rings. The predicted octanol–water partition coefficient (Wildman–Crippen LogP) is 2.77. The normalized spacial score (nSPS) is 10.7. The fraction of sp³-hybridized carbons (Fsp3) is 0.143. The van der Waals surface area contributed by atoms with Crippen LogP contribution in [0, 0.1) is 11.8 Å². The first kappa shape index (κ1) is 19.0. The Balaban J connectivity index is 2.00. The molecule has 0 bridgehead atoms. The van der Waals surface area contributed by atoms with Crippen LogP contribution in [0.1, 0.15) is 35.3 Å². The third kappa shape index (κ3) is 5.93. The van der Waals surface area contributed by atoms with Gasteiger partial charge in [0.05, 0.1) is 5.54 Å². The number of hydrogen-bond acceptors (Lipinski definition) is 3. The van der Waals surface area contributed by atoms with E-state index in [4.69, 9.17) is 5.21 Å². The van der Waals surface area contributed by atoms with Crippen molar-refractivity contribution in [3.8, 4) is 11.8 Å². The second kappa shape index (κ2) is 8.65. The average Bonchev–Trinajstić information content (AvgIpc) is 2.65. The summed E-state index contributed by atoms with van der Waals surface area (Å²) in [6, 6.07) is 16.0. The Morgan fingerprint density at radius 3 is 2.31 bits per heavy atom. The summed E-state index contributed by atoms with van der Waals surface area (Å²) >= 11 is 0. The van der Waals surface area contributed by atoms with Crippen molar-refractivity contribution in [3.63, 3.8) is 0 Å². The van der Waals surface area contributed by atoms with Gasteiger partial charge >= 0.3 is 0 Å². The summed E-state index contributed by atoms with van der Waals surface area (Å²) in [6.45, 7) is 3.61. The number of nitrogens with one attached hydrogen (secondary N) is 2. The zero-order valence-corrected chi connectivity index (χ0v) is 14.6. The average molecular weight is 348 g/mol. The van der Waals surface area contributed by atoms with Crippen molar-refractivity contribution in [3.05, 3.63) is 77.4 Å². The molecule has 26 heavy (non-hydrogen) atoms. The molecule has 0 spiro atoms. The lowest BCUT2D eigenvalue weighted by Crippen LogP contribution is -2.41. The summed E-state index contributed by atoms with van der Waals surface area (Å²) in [5.74, 6) is 5.15. The van der Waals surface area contributed by atoms with E-state index in [2.05, 4.69) is 17.2 Å². The van der Waals surface area contributed by atoms with E-state index in [1.807, 2.05) is 44.2 Å². The molecular weight excluding hydrogens is 328 g/mol. The Kier molecular flexibility index (Phi) is 6.31. The minimum atomic E-state index is -0.723. The molecule has 0 unspecified atom stereocenters. The summed E-state index contributed by atoms with van der Waals surface area (Å²) < 4.78 is 0. The SMILES string of the molecule is CC(C)(C#Cc1ccc(C(=O)NO)cc1)NC(=O)/C=C/c1ccccc1. The van der Waals surface area contributed by atoms with E-state index in [1.165, 1.54) is 6.08 Å². The molecule has 5 heteroatoms. The van der Waals surface area contributed by atoms with Gasteiger partial charge in [-0.25, -0.2) is 5.48 Å². The third-order valence-electron chi connectivity index (χ3n) is 3.43. The topological polar surface area (TPSA) is 78.4 Å². The van der Waals surface area contributed by atoms with Crippen LogP contribution in [0.3, 0.4) is 0 Å². The van der Waals surface area contributed by atoms with Crippen molar-refractivity contribution in [1.82, 2.24) is 10.8 Å². The van der Waals surface area contributed by atoms with Crippen molar-refractivity contribution >= 4 is 17.9 Å². The molecule has 3 N–H and O–H groups in total. The lowest BCUT2D eigenvalue weighted by atomic mass is 10.0. The molecule has 2 aromatic rings. The molecule has 0 saturated carbocycles. The van der Waals surface area contributed by atoms with Gasteiger partial charge in [0.2, 0.25) is 5.91 Å². The van der Waals surface area contributed by atoms with Crippen LogP contribution in [-0.2, 0) is 4.79 Å². The molecular formula is C21H20N2O3. The first-order chi connectivity index (χ1) is 12.4. The zero-order valence-electron chi connectivity index (χ0n) is 14.6. The Morgan fingerprint density at radius 2 is 1.69 bits per heavy atom. The van der Waals surface area contributed by atoms with Gasteiger partial charge < -0.3 is 5.32 Å². The van der Waals surface area contributed by atoms with Gasteiger partial charge in [-0.2, -0.15) is 0 Å². The Morgan fingerprint density at radius 1 is 1.04 bits per heavy atom. The van der Waals surface area contributed by atoms with Gasteiger partial charge in [0.15, 0.2) is 0 Å². The molecule has 0 radical (unpaired) electrons. The highest BCUT2D eigenvalue weighted by molar-refractivity contribution is 5.93. The number of amides is 2. The van der Waals surface area contributed by atoms with Gasteiger partial charge in [-0.1, -0.05) is 42.2 Å². The highest BCUT2D eigenvalue weighted by Gasteiger charge is 2.15. The van der Waals surface area contributed by atoms with Gasteiger partial charge in [0.1, 0.15) is 0 Å². The molecule has 0 atom stereocenters. The van der Waals surface area contributed by atoms with Crippen LogP contribution < -0.4 is 10.8 Å². The molecule has 132 valence electrons. The maximum Gasteiger partial charge on any atom is 0.274 e. The van der Waals surface area contributed by atoms with Crippen LogP contribution in [0.2, 0.25) is 0 Å². The van der Waals surface area contributed by atoms with Gasteiger partial charge in [-0.05, 0) is 49.8 Å². The van der Waals surface area contributed by atoms with Crippen LogP contribution in [0.15, 0.2) is 60.7 Å². The van der Waals surface area contributed by atoms with Crippen molar-refractivity contribution in [2.45, 2.75) is 19.4 Å².